The lowest BCUT2D eigenvalue weighted by Crippen LogP contribution is -2.11. The molecule has 0 atom stereocenters. The Morgan fingerprint density at radius 1 is 1.53 bits per heavy atom. The molecule has 0 aliphatic rings. The van der Waals surface area contributed by atoms with Gasteiger partial charge in [-0.1, -0.05) is 6.92 Å². The first kappa shape index (κ1) is 11.8. The molecular formula is C11H18N2O2. The molecule has 84 valence electrons. The van der Waals surface area contributed by atoms with Crippen molar-refractivity contribution < 1.29 is 9.53 Å². The lowest BCUT2D eigenvalue weighted by molar-refractivity contribution is 0.0526. The van der Waals surface area contributed by atoms with Crippen molar-refractivity contribution in [2.45, 2.75) is 26.8 Å². The van der Waals surface area contributed by atoms with Gasteiger partial charge in [0.05, 0.1) is 12.2 Å². The fourth-order valence-electron chi connectivity index (χ4n) is 1.53. The van der Waals surface area contributed by atoms with Crippen LogP contribution >= 0.6 is 0 Å². The van der Waals surface area contributed by atoms with Crippen molar-refractivity contribution in [3.63, 3.8) is 0 Å². The molecular weight excluding hydrogens is 192 g/mol. The van der Waals surface area contributed by atoms with E-state index in [2.05, 4.69) is 6.92 Å². The van der Waals surface area contributed by atoms with Crippen LogP contribution in [0.25, 0.3) is 0 Å². The van der Waals surface area contributed by atoms with E-state index in [0.29, 0.717) is 18.7 Å². The summed E-state index contributed by atoms with van der Waals surface area (Å²) in [5.41, 5.74) is 7.22. The van der Waals surface area contributed by atoms with E-state index in [1.807, 2.05) is 16.8 Å². The van der Waals surface area contributed by atoms with Gasteiger partial charge in [-0.25, -0.2) is 4.79 Å². The molecule has 2 N–H and O–H groups in total. The summed E-state index contributed by atoms with van der Waals surface area (Å²) < 4.78 is 6.94. The van der Waals surface area contributed by atoms with E-state index < -0.39 is 0 Å². The summed E-state index contributed by atoms with van der Waals surface area (Å²) in [5.74, 6) is -0.261. The Labute approximate surface area is 90.0 Å². The summed E-state index contributed by atoms with van der Waals surface area (Å²) in [5, 5.41) is 0. The number of aryl methyl sites for hydroxylation is 1. The van der Waals surface area contributed by atoms with Crippen LogP contribution in [0.1, 0.15) is 29.9 Å². The van der Waals surface area contributed by atoms with Crippen LogP contribution in [0.15, 0.2) is 12.3 Å². The van der Waals surface area contributed by atoms with Crippen LogP contribution in [0.2, 0.25) is 0 Å². The Bertz CT molecular complexity index is 331. The average Bonchev–Trinajstić information content (AvgIpc) is 2.62. The molecule has 0 saturated heterocycles. The normalized spacial score (nSPS) is 10.3. The first-order chi connectivity index (χ1) is 7.22. The Kier molecular flexibility index (Phi) is 4.37. The highest BCUT2D eigenvalue weighted by molar-refractivity contribution is 5.89. The van der Waals surface area contributed by atoms with Crippen LogP contribution in [0.3, 0.4) is 0 Å². The zero-order valence-corrected chi connectivity index (χ0v) is 9.32. The van der Waals surface area contributed by atoms with Crippen molar-refractivity contribution in [2.75, 3.05) is 13.2 Å². The van der Waals surface area contributed by atoms with Crippen molar-refractivity contribution in [3.8, 4) is 0 Å². The molecule has 15 heavy (non-hydrogen) atoms. The molecule has 1 aromatic rings. The van der Waals surface area contributed by atoms with E-state index in [9.17, 15) is 4.79 Å². The monoisotopic (exact) mass is 210 g/mol. The van der Waals surface area contributed by atoms with E-state index in [1.54, 1.807) is 6.92 Å². The number of esters is 1. The standard InChI is InChI=1S/C11H18N2O2/c1-3-10-7-9(11(14)15-4-2)8-13(10)6-5-12/h7-8H,3-6,12H2,1-2H3. The topological polar surface area (TPSA) is 57.2 Å². The lowest BCUT2D eigenvalue weighted by atomic mass is 10.3. The van der Waals surface area contributed by atoms with Gasteiger partial charge in [-0.05, 0) is 19.4 Å². The van der Waals surface area contributed by atoms with Gasteiger partial charge in [0, 0.05) is 25.0 Å². The number of carbonyl (C=O) groups excluding carboxylic acids is 1. The van der Waals surface area contributed by atoms with Crippen LogP contribution in [0, 0.1) is 0 Å². The Hall–Kier alpha value is -1.29. The van der Waals surface area contributed by atoms with E-state index in [4.69, 9.17) is 10.5 Å². The largest absolute Gasteiger partial charge is 0.462 e. The van der Waals surface area contributed by atoms with Crippen molar-refractivity contribution in [2.24, 2.45) is 5.73 Å². The average molecular weight is 210 g/mol. The highest BCUT2D eigenvalue weighted by Gasteiger charge is 2.11. The molecule has 1 aromatic heterocycles. The molecule has 0 aromatic carbocycles. The van der Waals surface area contributed by atoms with Gasteiger partial charge in [-0.2, -0.15) is 0 Å². The summed E-state index contributed by atoms with van der Waals surface area (Å²) in [7, 11) is 0. The van der Waals surface area contributed by atoms with Gasteiger partial charge in [0.2, 0.25) is 0 Å². The quantitative estimate of drug-likeness (QED) is 0.742. The van der Waals surface area contributed by atoms with Crippen LogP contribution in [0.5, 0.6) is 0 Å². The number of ether oxygens (including phenoxy) is 1. The number of rotatable bonds is 5. The van der Waals surface area contributed by atoms with Crippen LogP contribution in [-0.2, 0) is 17.7 Å². The van der Waals surface area contributed by atoms with Crippen molar-refractivity contribution >= 4 is 5.97 Å². The zero-order valence-electron chi connectivity index (χ0n) is 9.32. The fraction of sp³-hybridized carbons (Fsp3) is 0.545. The molecule has 0 fully saturated rings. The fourth-order valence-corrected chi connectivity index (χ4v) is 1.53. The van der Waals surface area contributed by atoms with Crippen LogP contribution in [-0.4, -0.2) is 23.7 Å². The second-order valence-electron chi connectivity index (χ2n) is 3.28. The van der Waals surface area contributed by atoms with Gasteiger partial charge in [-0.3, -0.25) is 0 Å². The SMILES string of the molecule is CCOC(=O)c1cc(CC)n(CCN)c1. The summed E-state index contributed by atoms with van der Waals surface area (Å²) >= 11 is 0. The molecule has 0 saturated carbocycles. The minimum absolute atomic E-state index is 0.261. The number of carbonyl (C=O) groups is 1. The van der Waals surface area contributed by atoms with Gasteiger partial charge < -0.3 is 15.0 Å². The summed E-state index contributed by atoms with van der Waals surface area (Å²) in [4.78, 5) is 11.5. The minimum Gasteiger partial charge on any atom is -0.462 e. The number of nitrogens with zero attached hydrogens (tertiary/aromatic N) is 1. The highest BCUT2D eigenvalue weighted by Crippen LogP contribution is 2.10. The van der Waals surface area contributed by atoms with Crippen molar-refractivity contribution in [1.82, 2.24) is 4.57 Å². The maximum atomic E-state index is 11.5. The van der Waals surface area contributed by atoms with Gasteiger partial charge in [0.1, 0.15) is 0 Å². The van der Waals surface area contributed by atoms with Gasteiger partial charge >= 0.3 is 5.97 Å². The second-order valence-corrected chi connectivity index (χ2v) is 3.28. The summed E-state index contributed by atoms with van der Waals surface area (Å²) in [6, 6.07) is 1.87. The molecule has 4 nitrogen and oxygen atoms in total. The molecule has 0 aliphatic heterocycles. The molecule has 1 rings (SSSR count). The van der Waals surface area contributed by atoms with Crippen LogP contribution < -0.4 is 5.73 Å². The Balaban J connectivity index is 2.86. The first-order valence-electron chi connectivity index (χ1n) is 5.29. The number of hydrogen-bond acceptors (Lipinski definition) is 3. The molecule has 0 aliphatic carbocycles. The van der Waals surface area contributed by atoms with Gasteiger partial charge in [-0.15, -0.1) is 0 Å². The van der Waals surface area contributed by atoms with E-state index >= 15 is 0 Å². The van der Waals surface area contributed by atoms with E-state index in [1.165, 1.54) is 0 Å². The molecule has 0 unspecified atom stereocenters. The highest BCUT2D eigenvalue weighted by atomic mass is 16.5. The van der Waals surface area contributed by atoms with Crippen molar-refractivity contribution in [3.05, 3.63) is 23.5 Å². The Morgan fingerprint density at radius 3 is 2.80 bits per heavy atom. The zero-order chi connectivity index (χ0) is 11.3. The molecule has 0 amide bonds. The van der Waals surface area contributed by atoms with Crippen LogP contribution in [0.4, 0.5) is 0 Å². The third-order valence-corrected chi connectivity index (χ3v) is 2.23. The molecule has 4 heteroatoms. The molecule has 0 bridgehead atoms. The lowest BCUT2D eigenvalue weighted by Gasteiger charge is -2.03. The number of nitrogens with two attached hydrogens (primary N) is 1. The van der Waals surface area contributed by atoms with E-state index in [0.717, 1.165) is 18.7 Å². The first-order valence-corrected chi connectivity index (χ1v) is 5.29. The number of aromatic nitrogens is 1. The van der Waals surface area contributed by atoms with Gasteiger partial charge in [0.25, 0.3) is 0 Å². The second kappa shape index (κ2) is 5.56. The minimum atomic E-state index is -0.261. The van der Waals surface area contributed by atoms with Crippen molar-refractivity contribution in [1.29, 1.82) is 0 Å². The summed E-state index contributed by atoms with van der Waals surface area (Å²) in [6.07, 6.45) is 2.70. The molecule has 0 spiro atoms. The maximum Gasteiger partial charge on any atom is 0.339 e. The third-order valence-electron chi connectivity index (χ3n) is 2.23. The number of hydrogen-bond donors (Lipinski definition) is 1. The predicted molar refractivity (Wildman–Crippen MR) is 58.8 cm³/mol. The summed E-state index contributed by atoms with van der Waals surface area (Å²) in [6.45, 7) is 5.57. The third kappa shape index (κ3) is 2.83. The molecule has 0 radical (unpaired) electrons. The smallest absolute Gasteiger partial charge is 0.339 e. The predicted octanol–water partition coefficient (Wildman–Crippen LogP) is 1.19. The van der Waals surface area contributed by atoms with E-state index in [-0.39, 0.29) is 5.97 Å². The molecule has 1 heterocycles. The Morgan fingerprint density at radius 2 is 2.27 bits per heavy atom. The van der Waals surface area contributed by atoms with Gasteiger partial charge in [0.15, 0.2) is 0 Å². The maximum absolute atomic E-state index is 11.5.